The summed E-state index contributed by atoms with van der Waals surface area (Å²) in [7, 11) is 1.18. The summed E-state index contributed by atoms with van der Waals surface area (Å²) in [6.07, 6.45) is 0.331. The number of ether oxygens (including phenoxy) is 2. The zero-order chi connectivity index (χ0) is 14.9. The van der Waals surface area contributed by atoms with Crippen LogP contribution in [0.15, 0.2) is 18.3 Å². The summed E-state index contributed by atoms with van der Waals surface area (Å²) in [5, 5.41) is 4.85. The molecule has 20 heavy (non-hydrogen) atoms. The van der Waals surface area contributed by atoms with Crippen molar-refractivity contribution in [3.8, 4) is 11.4 Å². The zero-order valence-electron chi connectivity index (χ0n) is 10.1. The lowest BCUT2D eigenvalue weighted by Gasteiger charge is -2.09. The number of hydrogen-bond donors (Lipinski definition) is 1. The Bertz CT molecular complexity index is 649. The van der Waals surface area contributed by atoms with Crippen LogP contribution in [0.3, 0.4) is 0 Å². The largest absolute Gasteiger partial charge is 0.513 e. The third kappa shape index (κ3) is 2.77. The fraction of sp³-hybridized carbons (Fsp3) is 0.0909. The van der Waals surface area contributed by atoms with Gasteiger partial charge in [-0.1, -0.05) is 34.8 Å². The lowest BCUT2D eigenvalue weighted by molar-refractivity contribution is 0.121. The molecular weight excluding hydrogens is 328 g/mol. The minimum absolute atomic E-state index is 0.0268. The van der Waals surface area contributed by atoms with E-state index in [9.17, 15) is 4.79 Å². The molecule has 0 atom stereocenters. The van der Waals surface area contributed by atoms with Gasteiger partial charge in [-0.05, 0) is 12.1 Å². The number of benzene rings is 1. The van der Waals surface area contributed by atoms with Gasteiger partial charge in [0.05, 0.1) is 23.4 Å². The normalized spacial score (nSPS) is 10.4. The summed E-state index contributed by atoms with van der Waals surface area (Å²) in [5.74, 6) is 0.0699. The number of carbonyl (C=O) groups is 1. The summed E-state index contributed by atoms with van der Waals surface area (Å²) in [6, 6.07) is 2.98. The summed E-state index contributed by atoms with van der Waals surface area (Å²) in [5.41, 5.74) is 6.16. The van der Waals surface area contributed by atoms with E-state index in [0.717, 1.165) is 0 Å². The van der Waals surface area contributed by atoms with Crippen LogP contribution >= 0.6 is 34.8 Å². The van der Waals surface area contributed by atoms with E-state index in [-0.39, 0.29) is 21.6 Å². The number of nitrogens with two attached hydrogens (primary N) is 1. The highest BCUT2D eigenvalue weighted by Gasteiger charge is 2.18. The standard InChI is InChI=1S/C11H8Cl3N3O3/c1-19-11(18)20-8-4-16-17(10(8)15)9-6(13)2-5(12)3-7(9)14/h2-4H,15H2,1H3. The van der Waals surface area contributed by atoms with Crippen LogP contribution in [0.25, 0.3) is 5.69 Å². The predicted molar refractivity (Wildman–Crippen MR) is 76.0 cm³/mol. The van der Waals surface area contributed by atoms with Crippen LogP contribution in [0.1, 0.15) is 0 Å². The van der Waals surface area contributed by atoms with Gasteiger partial charge in [0.2, 0.25) is 0 Å². The number of anilines is 1. The molecule has 106 valence electrons. The zero-order valence-corrected chi connectivity index (χ0v) is 12.3. The van der Waals surface area contributed by atoms with Crippen LogP contribution in [0, 0.1) is 0 Å². The maximum absolute atomic E-state index is 11.1. The maximum Gasteiger partial charge on any atom is 0.513 e. The molecule has 0 aliphatic heterocycles. The van der Waals surface area contributed by atoms with E-state index >= 15 is 0 Å². The molecule has 1 aromatic heterocycles. The summed E-state index contributed by atoms with van der Waals surface area (Å²) in [4.78, 5) is 11.1. The van der Waals surface area contributed by atoms with Crippen LogP contribution in [0.4, 0.5) is 10.6 Å². The van der Waals surface area contributed by atoms with E-state index in [4.69, 9.17) is 45.3 Å². The van der Waals surface area contributed by atoms with Crippen molar-refractivity contribution < 1.29 is 14.3 Å². The van der Waals surface area contributed by atoms with E-state index in [1.807, 2.05) is 0 Å². The average Bonchev–Trinajstić information content (AvgIpc) is 2.70. The molecule has 1 aromatic carbocycles. The van der Waals surface area contributed by atoms with Crippen molar-refractivity contribution in [3.05, 3.63) is 33.4 Å². The lowest BCUT2D eigenvalue weighted by atomic mass is 10.3. The molecule has 0 bridgehead atoms. The third-order valence-electron chi connectivity index (χ3n) is 2.32. The lowest BCUT2D eigenvalue weighted by Crippen LogP contribution is -2.09. The van der Waals surface area contributed by atoms with E-state index in [0.29, 0.717) is 10.7 Å². The Morgan fingerprint density at radius 2 is 1.90 bits per heavy atom. The molecule has 0 unspecified atom stereocenters. The Hall–Kier alpha value is -1.63. The highest BCUT2D eigenvalue weighted by molar-refractivity contribution is 6.40. The van der Waals surface area contributed by atoms with Gasteiger partial charge in [0.15, 0.2) is 11.6 Å². The van der Waals surface area contributed by atoms with Gasteiger partial charge < -0.3 is 15.2 Å². The molecule has 0 amide bonds. The van der Waals surface area contributed by atoms with E-state index in [2.05, 4.69) is 9.84 Å². The van der Waals surface area contributed by atoms with Gasteiger partial charge in [-0.3, -0.25) is 0 Å². The maximum atomic E-state index is 11.1. The third-order valence-corrected chi connectivity index (χ3v) is 3.12. The molecule has 0 saturated heterocycles. The highest BCUT2D eigenvalue weighted by Crippen LogP contribution is 2.35. The van der Waals surface area contributed by atoms with Crippen molar-refractivity contribution in [2.45, 2.75) is 0 Å². The second kappa shape index (κ2) is 5.78. The SMILES string of the molecule is COC(=O)Oc1cnn(-c2c(Cl)cc(Cl)cc2Cl)c1N. The number of carbonyl (C=O) groups excluding carboxylic acids is 1. The first-order chi connectivity index (χ1) is 9.43. The van der Waals surface area contributed by atoms with Crippen LogP contribution < -0.4 is 10.5 Å². The number of rotatable bonds is 2. The van der Waals surface area contributed by atoms with Crippen LogP contribution in [-0.2, 0) is 4.74 Å². The van der Waals surface area contributed by atoms with Crippen molar-refractivity contribution >= 4 is 46.8 Å². The van der Waals surface area contributed by atoms with Crippen LogP contribution in [0.5, 0.6) is 5.75 Å². The molecule has 0 spiro atoms. The van der Waals surface area contributed by atoms with Gasteiger partial charge in [-0.2, -0.15) is 5.10 Å². The molecule has 2 N–H and O–H groups in total. The second-order valence-corrected chi connectivity index (χ2v) is 4.83. The average molecular weight is 337 g/mol. The number of nitrogens with zero attached hydrogens (tertiary/aromatic N) is 2. The molecule has 1 heterocycles. The molecule has 0 radical (unpaired) electrons. The fourth-order valence-electron chi connectivity index (χ4n) is 1.47. The van der Waals surface area contributed by atoms with Crippen molar-refractivity contribution in [3.63, 3.8) is 0 Å². The fourth-order valence-corrected chi connectivity index (χ4v) is 2.45. The summed E-state index contributed by atoms with van der Waals surface area (Å²) >= 11 is 18.0. The molecule has 2 rings (SSSR count). The Labute approximate surface area is 128 Å². The molecule has 0 fully saturated rings. The molecule has 0 saturated carbocycles. The van der Waals surface area contributed by atoms with Crippen LogP contribution in [0.2, 0.25) is 15.1 Å². The number of halogens is 3. The van der Waals surface area contributed by atoms with E-state index < -0.39 is 6.16 Å². The van der Waals surface area contributed by atoms with Gasteiger partial charge in [0.1, 0.15) is 5.69 Å². The Morgan fingerprint density at radius 1 is 1.30 bits per heavy atom. The van der Waals surface area contributed by atoms with Crippen molar-refractivity contribution in [2.75, 3.05) is 12.8 Å². The monoisotopic (exact) mass is 335 g/mol. The molecule has 6 nitrogen and oxygen atoms in total. The second-order valence-electron chi connectivity index (χ2n) is 3.58. The summed E-state index contributed by atoms with van der Waals surface area (Å²) in [6.45, 7) is 0. The Balaban J connectivity index is 2.47. The molecule has 9 heteroatoms. The topological polar surface area (TPSA) is 79.4 Å². The van der Waals surface area contributed by atoms with Gasteiger partial charge >= 0.3 is 6.16 Å². The van der Waals surface area contributed by atoms with Crippen molar-refractivity contribution in [2.24, 2.45) is 0 Å². The van der Waals surface area contributed by atoms with Gasteiger partial charge in [-0.25, -0.2) is 9.48 Å². The smallest absolute Gasteiger partial charge is 0.437 e. The number of hydrogen-bond acceptors (Lipinski definition) is 5. The van der Waals surface area contributed by atoms with E-state index in [1.165, 1.54) is 30.1 Å². The first-order valence-corrected chi connectivity index (χ1v) is 6.31. The molecule has 0 aliphatic carbocycles. The van der Waals surface area contributed by atoms with Gasteiger partial charge in [-0.15, -0.1) is 0 Å². The first kappa shape index (κ1) is 14.8. The number of aromatic nitrogens is 2. The number of methoxy groups -OCH3 is 1. The molecule has 0 aliphatic rings. The van der Waals surface area contributed by atoms with Crippen molar-refractivity contribution in [1.82, 2.24) is 9.78 Å². The van der Waals surface area contributed by atoms with Gasteiger partial charge in [0.25, 0.3) is 0 Å². The first-order valence-electron chi connectivity index (χ1n) is 5.18. The highest BCUT2D eigenvalue weighted by atomic mass is 35.5. The van der Waals surface area contributed by atoms with Gasteiger partial charge in [0, 0.05) is 5.02 Å². The number of nitrogen functional groups attached to an aromatic ring is 1. The predicted octanol–water partition coefficient (Wildman–Crippen LogP) is 3.56. The minimum atomic E-state index is -0.912. The Morgan fingerprint density at radius 3 is 2.45 bits per heavy atom. The molecular formula is C11H8Cl3N3O3. The Kier molecular flexibility index (Phi) is 4.27. The van der Waals surface area contributed by atoms with Crippen LogP contribution in [-0.4, -0.2) is 23.0 Å². The summed E-state index contributed by atoms with van der Waals surface area (Å²) < 4.78 is 10.4. The minimum Gasteiger partial charge on any atom is -0.437 e. The van der Waals surface area contributed by atoms with E-state index in [1.54, 1.807) is 0 Å². The van der Waals surface area contributed by atoms with Crippen molar-refractivity contribution in [1.29, 1.82) is 0 Å². The molecule has 2 aromatic rings. The quantitative estimate of drug-likeness (QED) is 0.848.